The maximum absolute atomic E-state index is 13.5. The van der Waals surface area contributed by atoms with Crippen LogP contribution in [-0.2, 0) is 22.3 Å². The van der Waals surface area contributed by atoms with E-state index in [9.17, 15) is 23.2 Å². The first-order chi connectivity index (χ1) is 14.8. The van der Waals surface area contributed by atoms with Gasteiger partial charge in [-0.3, -0.25) is 9.78 Å². The lowest BCUT2D eigenvalue weighted by molar-refractivity contribution is -0.141. The topological polar surface area (TPSA) is 67.9 Å². The van der Waals surface area contributed by atoms with Crippen molar-refractivity contribution in [1.82, 2.24) is 9.55 Å². The monoisotopic (exact) mass is 423 g/mol. The predicted octanol–water partition coefficient (Wildman–Crippen LogP) is 5.23. The molecule has 0 atom stereocenters. The van der Waals surface area contributed by atoms with Crippen LogP contribution >= 0.6 is 0 Å². The number of benzene rings is 2. The number of halogens is 3. The average molecular weight is 423 g/mol. The number of nitriles is 1. The van der Waals surface area contributed by atoms with Crippen molar-refractivity contribution < 1.29 is 22.7 Å². The number of aromatic nitrogens is 2. The summed E-state index contributed by atoms with van der Waals surface area (Å²) < 4.78 is 47.1. The summed E-state index contributed by atoms with van der Waals surface area (Å²) >= 11 is 0. The van der Waals surface area contributed by atoms with Gasteiger partial charge in [0.1, 0.15) is 6.54 Å². The molecule has 4 aromatic rings. The Bertz CT molecular complexity index is 1380. The number of alkyl halides is 3. The van der Waals surface area contributed by atoms with Crippen molar-refractivity contribution in [3.8, 4) is 17.2 Å². The molecule has 0 radical (unpaired) electrons. The predicted molar refractivity (Wildman–Crippen MR) is 109 cm³/mol. The van der Waals surface area contributed by atoms with Crippen molar-refractivity contribution in [1.29, 1.82) is 5.26 Å². The Labute approximate surface area is 175 Å². The van der Waals surface area contributed by atoms with Crippen LogP contribution < -0.4 is 0 Å². The fraction of sp³-hybridized carbons (Fsp3) is 0.174. The molecule has 0 spiro atoms. The number of methoxy groups -OCH3 is 1. The largest absolute Gasteiger partial charge is 0.468 e. The molecule has 0 fully saturated rings. The van der Waals surface area contributed by atoms with Crippen LogP contribution in [0.15, 0.2) is 48.7 Å². The summed E-state index contributed by atoms with van der Waals surface area (Å²) in [5.41, 5.74) is 1.95. The average Bonchev–Trinajstić information content (AvgIpc) is 3.02. The van der Waals surface area contributed by atoms with Crippen molar-refractivity contribution in [3.63, 3.8) is 0 Å². The highest BCUT2D eigenvalue weighted by molar-refractivity contribution is 6.07. The van der Waals surface area contributed by atoms with Gasteiger partial charge in [-0.05, 0) is 42.8 Å². The van der Waals surface area contributed by atoms with Gasteiger partial charge in [0, 0.05) is 33.7 Å². The molecule has 2 heterocycles. The highest BCUT2D eigenvalue weighted by atomic mass is 19.4. The molecule has 31 heavy (non-hydrogen) atoms. The van der Waals surface area contributed by atoms with Gasteiger partial charge in [0.15, 0.2) is 0 Å². The van der Waals surface area contributed by atoms with Gasteiger partial charge in [-0.1, -0.05) is 12.1 Å². The molecular formula is C23H16F3N3O2. The standard InChI is InChI=1S/C23H16F3N3O2/c1-13-21(15-8-9-28-22-16(15)4-3-5-18(22)23(24,25)26)17-10-14(11-27)6-7-19(17)29(13)12-20(30)31-2/h3-10H,12H2,1-2H3. The fourth-order valence-electron chi connectivity index (χ4n) is 3.91. The highest BCUT2D eigenvalue weighted by Gasteiger charge is 2.33. The summed E-state index contributed by atoms with van der Waals surface area (Å²) in [5.74, 6) is -0.463. The Hall–Kier alpha value is -3.86. The highest BCUT2D eigenvalue weighted by Crippen LogP contribution is 2.41. The van der Waals surface area contributed by atoms with E-state index in [0.717, 1.165) is 6.07 Å². The van der Waals surface area contributed by atoms with E-state index in [1.807, 2.05) is 0 Å². The van der Waals surface area contributed by atoms with E-state index in [-0.39, 0.29) is 12.1 Å². The molecule has 2 aromatic heterocycles. The minimum absolute atomic E-state index is 0.0679. The summed E-state index contributed by atoms with van der Waals surface area (Å²) in [6.07, 6.45) is -3.21. The van der Waals surface area contributed by atoms with Gasteiger partial charge in [0.2, 0.25) is 0 Å². The summed E-state index contributed by atoms with van der Waals surface area (Å²) in [4.78, 5) is 16.0. The van der Waals surface area contributed by atoms with Crippen molar-refractivity contribution in [2.45, 2.75) is 19.6 Å². The third-order valence-corrected chi connectivity index (χ3v) is 5.31. The number of fused-ring (bicyclic) bond motifs is 2. The Kier molecular flexibility index (Phi) is 4.90. The van der Waals surface area contributed by atoms with Crippen molar-refractivity contribution in [3.05, 3.63) is 65.5 Å². The number of esters is 1. The minimum Gasteiger partial charge on any atom is -0.468 e. The van der Waals surface area contributed by atoms with Gasteiger partial charge >= 0.3 is 12.1 Å². The van der Waals surface area contributed by atoms with E-state index in [0.29, 0.717) is 38.7 Å². The van der Waals surface area contributed by atoms with Crippen LogP contribution in [-0.4, -0.2) is 22.6 Å². The molecule has 0 amide bonds. The second-order valence-electron chi connectivity index (χ2n) is 7.02. The van der Waals surface area contributed by atoms with Crippen molar-refractivity contribution in [2.75, 3.05) is 7.11 Å². The molecule has 0 saturated heterocycles. The van der Waals surface area contributed by atoms with E-state index in [2.05, 4.69) is 11.1 Å². The lowest BCUT2D eigenvalue weighted by atomic mass is 9.96. The van der Waals surface area contributed by atoms with Gasteiger partial charge in [0.25, 0.3) is 0 Å². The number of ether oxygens (including phenoxy) is 1. The van der Waals surface area contributed by atoms with Crippen LogP contribution in [0.4, 0.5) is 13.2 Å². The van der Waals surface area contributed by atoms with Gasteiger partial charge in [-0.2, -0.15) is 18.4 Å². The molecule has 0 unspecified atom stereocenters. The van der Waals surface area contributed by atoms with Crippen molar-refractivity contribution in [2.24, 2.45) is 0 Å². The zero-order chi connectivity index (χ0) is 22.3. The zero-order valence-corrected chi connectivity index (χ0v) is 16.6. The molecule has 2 aromatic carbocycles. The minimum atomic E-state index is -4.55. The van der Waals surface area contributed by atoms with E-state index < -0.39 is 17.7 Å². The summed E-state index contributed by atoms with van der Waals surface area (Å²) in [6.45, 7) is 1.71. The first kappa shape index (κ1) is 20.4. The van der Waals surface area contributed by atoms with Crippen LogP contribution in [0.1, 0.15) is 16.8 Å². The molecule has 156 valence electrons. The Balaban J connectivity index is 2.09. The molecule has 0 aliphatic rings. The van der Waals surface area contributed by atoms with Crippen LogP contribution in [0.25, 0.3) is 32.9 Å². The number of hydrogen-bond acceptors (Lipinski definition) is 4. The molecule has 5 nitrogen and oxygen atoms in total. The van der Waals surface area contributed by atoms with Gasteiger partial charge < -0.3 is 9.30 Å². The van der Waals surface area contributed by atoms with E-state index in [4.69, 9.17) is 4.74 Å². The fourth-order valence-corrected chi connectivity index (χ4v) is 3.91. The third-order valence-electron chi connectivity index (χ3n) is 5.31. The Morgan fingerprint density at radius 2 is 1.97 bits per heavy atom. The van der Waals surface area contributed by atoms with Crippen molar-refractivity contribution >= 4 is 27.8 Å². The van der Waals surface area contributed by atoms with Crippen LogP contribution in [0.2, 0.25) is 0 Å². The molecule has 0 bridgehead atoms. The smallest absolute Gasteiger partial charge is 0.418 e. The lowest BCUT2D eigenvalue weighted by Gasteiger charge is -2.13. The first-order valence-corrected chi connectivity index (χ1v) is 9.31. The van der Waals surface area contributed by atoms with E-state index >= 15 is 0 Å². The number of para-hydroxylation sites is 1. The number of nitrogens with zero attached hydrogens (tertiary/aromatic N) is 3. The summed E-state index contributed by atoms with van der Waals surface area (Å²) in [6, 6.07) is 12.7. The second-order valence-corrected chi connectivity index (χ2v) is 7.02. The van der Waals surface area contributed by atoms with Crippen LogP contribution in [0.3, 0.4) is 0 Å². The van der Waals surface area contributed by atoms with Gasteiger partial charge in [-0.25, -0.2) is 0 Å². The van der Waals surface area contributed by atoms with Gasteiger partial charge in [0.05, 0.1) is 29.8 Å². The van der Waals surface area contributed by atoms with Gasteiger partial charge in [-0.15, -0.1) is 0 Å². The molecule has 4 rings (SSSR count). The van der Waals surface area contributed by atoms with Crippen LogP contribution in [0.5, 0.6) is 0 Å². The Morgan fingerprint density at radius 3 is 2.65 bits per heavy atom. The summed E-state index contributed by atoms with van der Waals surface area (Å²) in [7, 11) is 1.28. The molecular weight excluding hydrogens is 407 g/mol. The van der Waals surface area contributed by atoms with E-state index in [1.54, 1.807) is 41.8 Å². The summed E-state index contributed by atoms with van der Waals surface area (Å²) in [5, 5.41) is 10.3. The molecule has 8 heteroatoms. The normalized spacial score (nSPS) is 11.6. The third kappa shape index (κ3) is 3.38. The number of hydrogen-bond donors (Lipinski definition) is 0. The molecule has 0 aliphatic heterocycles. The molecule has 0 aliphatic carbocycles. The lowest BCUT2D eigenvalue weighted by Crippen LogP contribution is -2.12. The first-order valence-electron chi connectivity index (χ1n) is 9.31. The number of pyridine rings is 1. The Morgan fingerprint density at radius 1 is 1.19 bits per heavy atom. The maximum atomic E-state index is 13.5. The molecule has 0 N–H and O–H groups in total. The number of rotatable bonds is 3. The zero-order valence-electron chi connectivity index (χ0n) is 16.6. The quantitative estimate of drug-likeness (QED) is 0.423. The second kappa shape index (κ2) is 7.43. The number of carbonyl (C=O) groups excluding carboxylic acids is 1. The molecule has 0 saturated carbocycles. The van der Waals surface area contributed by atoms with E-state index in [1.165, 1.54) is 19.4 Å². The van der Waals surface area contributed by atoms with Crippen LogP contribution in [0, 0.1) is 18.3 Å². The number of carbonyl (C=O) groups is 1. The SMILES string of the molecule is COC(=O)Cn1c(C)c(-c2ccnc3c(C(F)(F)F)cccc23)c2cc(C#N)ccc21. The maximum Gasteiger partial charge on any atom is 0.418 e.